The number of benzene rings is 1. The smallest absolute Gasteiger partial charge is 0.243 e. The molecule has 1 aromatic carbocycles. The van der Waals surface area contributed by atoms with Gasteiger partial charge >= 0.3 is 0 Å². The van der Waals surface area contributed by atoms with Crippen LogP contribution in [-0.4, -0.2) is 49.8 Å². The monoisotopic (exact) mass is 370 g/mol. The van der Waals surface area contributed by atoms with Crippen molar-refractivity contribution in [3.8, 4) is 0 Å². The van der Waals surface area contributed by atoms with Gasteiger partial charge in [0.15, 0.2) is 0 Å². The predicted molar refractivity (Wildman–Crippen MR) is 97.8 cm³/mol. The third kappa shape index (κ3) is 4.13. The molecule has 1 aromatic rings. The first-order valence-corrected chi connectivity index (χ1v) is 10.8. The summed E-state index contributed by atoms with van der Waals surface area (Å²) in [6.45, 7) is 6.22. The minimum absolute atomic E-state index is 0.117. The second-order valence-electron chi connectivity index (χ2n) is 7.21. The summed E-state index contributed by atoms with van der Waals surface area (Å²) in [4.78, 5) is 2.81. The number of hydrogen-bond acceptors (Lipinski definition) is 3. The molecule has 2 fully saturated rings. The summed E-state index contributed by atoms with van der Waals surface area (Å²) in [6.07, 6.45) is 5.40. The maximum absolute atomic E-state index is 13.0. The normalized spacial score (nSPS) is 26.8. The fourth-order valence-corrected chi connectivity index (χ4v) is 6.02. The molecular weight excluding hydrogens is 344 g/mol. The summed E-state index contributed by atoms with van der Waals surface area (Å²) in [5, 5.41) is 0.467. The van der Waals surface area contributed by atoms with Crippen LogP contribution in [0.5, 0.6) is 0 Å². The van der Waals surface area contributed by atoms with Crippen LogP contribution in [0.2, 0.25) is 5.02 Å². The highest BCUT2D eigenvalue weighted by Gasteiger charge is 2.35. The molecule has 0 radical (unpaired) electrons. The summed E-state index contributed by atoms with van der Waals surface area (Å²) in [5.74, 6) is 0.758. The fraction of sp³-hybridized carbons (Fsp3) is 0.667. The zero-order valence-corrected chi connectivity index (χ0v) is 15.9. The zero-order chi connectivity index (χ0) is 17.2. The molecule has 2 aliphatic heterocycles. The van der Waals surface area contributed by atoms with Crippen LogP contribution in [0, 0.1) is 5.92 Å². The summed E-state index contributed by atoms with van der Waals surface area (Å²) in [7, 11) is -3.44. The lowest BCUT2D eigenvalue weighted by atomic mass is 10.00. The van der Waals surface area contributed by atoms with Crippen LogP contribution in [0.4, 0.5) is 0 Å². The van der Waals surface area contributed by atoms with E-state index < -0.39 is 10.0 Å². The highest BCUT2D eigenvalue weighted by molar-refractivity contribution is 7.89. The van der Waals surface area contributed by atoms with Crippen molar-refractivity contribution in [2.45, 2.75) is 50.0 Å². The SMILES string of the molecule is CC1CCCN(CCC2CCCN2S(=O)(=O)c2cccc(Cl)c2)C1. The molecular formula is C18H27ClN2O2S. The molecule has 2 unspecified atom stereocenters. The lowest BCUT2D eigenvalue weighted by Gasteiger charge is -2.32. The van der Waals surface area contributed by atoms with E-state index in [-0.39, 0.29) is 6.04 Å². The fourth-order valence-electron chi connectivity index (χ4n) is 4.00. The van der Waals surface area contributed by atoms with E-state index >= 15 is 0 Å². The Morgan fingerprint density at radius 3 is 2.75 bits per heavy atom. The second-order valence-corrected chi connectivity index (χ2v) is 9.53. The Morgan fingerprint density at radius 2 is 2.00 bits per heavy atom. The van der Waals surface area contributed by atoms with Crippen LogP contribution < -0.4 is 0 Å². The van der Waals surface area contributed by atoms with Crippen LogP contribution in [-0.2, 0) is 10.0 Å². The number of rotatable bonds is 5. The van der Waals surface area contributed by atoms with Crippen LogP contribution in [0.1, 0.15) is 39.0 Å². The Kier molecular flexibility index (Phi) is 5.85. The molecule has 0 saturated carbocycles. The first-order chi connectivity index (χ1) is 11.5. The topological polar surface area (TPSA) is 40.6 Å². The van der Waals surface area contributed by atoms with Crippen molar-refractivity contribution in [1.29, 1.82) is 0 Å². The number of hydrogen-bond donors (Lipinski definition) is 0. The summed E-state index contributed by atoms with van der Waals surface area (Å²) < 4.78 is 27.6. The average Bonchev–Trinajstić information content (AvgIpc) is 3.02. The van der Waals surface area contributed by atoms with Gasteiger partial charge in [0.1, 0.15) is 0 Å². The molecule has 2 heterocycles. The summed E-state index contributed by atoms with van der Waals surface area (Å²) >= 11 is 5.98. The lowest BCUT2D eigenvalue weighted by Crippen LogP contribution is -2.40. The predicted octanol–water partition coefficient (Wildman–Crippen LogP) is 3.62. The maximum atomic E-state index is 13.0. The lowest BCUT2D eigenvalue weighted by molar-refractivity contribution is 0.171. The van der Waals surface area contributed by atoms with Gasteiger partial charge in [-0.15, -0.1) is 0 Å². The number of piperidine rings is 1. The summed E-state index contributed by atoms with van der Waals surface area (Å²) in [6, 6.07) is 6.72. The van der Waals surface area contributed by atoms with Gasteiger partial charge < -0.3 is 4.90 Å². The van der Waals surface area contributed by atoms with Crippen molar-refractivity contribution in [2.24, 2.45) is 5.92 Å². The molecule has 0 N–H and O–H groups in total. The largest absolute Gasteiger partial charge is 0.303 e. The molecule has 2 atom stereocenters. The number of halogens is 1. The average molecular weight is 371 g/mol. The quantitative estimate of drug-likeness (QED) is 0.794. The molecule has 24 heavy (non-hydrogen) atoms. The van der Waals surface area contributed by atoms with E-state index in [1.807, 2.05) is 0 Å². The van der Waals surface area contributed by atoms with E-state index in [0.29, 0.717) is 16.5 Å². The molecule has 4 nitrogen and oxygen atoms in total. The van der Waals surface area contributed by atoms with Crippen molar-refractivity contribution in [3.63, 3.8) is 0 Å². The Bertz CT molecular complexity index is 665. The van der Waals surface area contributed by atoms with E-state index in [2.05, 4.69) is 11.8 Å². The standard InChI is InChI=1S/C18H27ClN2O2S/c1-15-5-3-10-20(14-15)12-9-17-7-4-11-21(17)24(22,23)18-8-2-6-16(19)13-18/h2,6,8,13,15,17H,3-5,7,9-12,14H2,1H3. The van der Waals surface area contributed by atoms with E-state index in [4.69, 9.17) is 11.6 Å². The van der Waals surface area contributed by atoms with E-state index in [1.165, 1.54) is 12.8 Å². The Balaban J connectivity index is 1.66. The van der Waals surface area contributed by atoms with Gasteiger partial charge in [-0.3, -0.25) is 0 Å². The van der Waals surface area contributed by atoms with Crippen LogP contribution >= 0.6 is 11.6 Å². The third-order valence-corrected chi connectivity index (χ3v) is 7.43. The van der Waals surface area contributed by atoms with Gasteiger partial charge in [-0.1, -0.05) is 24.6 Å². The zero-order valence-electron chi connectivity index (χ0n) is 14.3. The highest BCUT2D eigenvalue weighted by Crippen LogP contribution is 2.29. The highest BCUT2D eigenvalue weighted by atomic mass is 35.5. The van der Waals surface area contributed by atoms with Gasteiger partial charge in [-0.25, -0.2) is 8.42 Å². The third-order valence-electron chi connectivity index (χ3n) is 5.25. The molecule has 0 bridgehead atoms. The number of sulfonamides is 1. The van der Waals surface area contributed by atoms with Crippen molar-refractivity contribution < 1.29 is 8.42 Å². The molecule has 0 amide bonds. The molecule has 0 aromatic heterocycles. The molecule has 0 aliphatic carbocycles. The van der Waals surface area contributed by atoms with Gasteiger partial charge in [0.25, 0.3) is 0 Å². The van der Waals surface area contributed by atoms with Crippen molar-refractivity contribution >= 4 is 21.6 Å². The Morgan fingerprint density at radius 1 is 1.21 bits per heavy atom. The minimum Gasteiger partial charge on any atom is -0.303 e. The van der Waals surface area contributed by atoms with Gasteiger partial charge in [0, 0.05) is 24.2 Å². The van der Waals surface area contributed by atoms with E-state index in [1.54, 1.807) is 28.6 Å². The van der Waals surface area contributed by atoms with Crippen molar-refractivity contribution in [3.05, 3.63) is 29.3 Å². The first kappa shape index (κ1) is 18.2. The van der Waals surface area contributed by atoms with Gasteiger partial charge in [0.05, 0.1) is 4.90 Å². The maximum Gasteiger partial charge on any atom is 0.243 e. The molecule has 3 rings (SSSR count). The Labute approximate surface area is 150 Å². The van der Waals surface area contributed by atoms with Gasteiger partial charge in [0.2, 0.25) is 10.0 Å². The van der Waals surface area contributed by atoms with Crippen LogP contribution in [0.25, 0.3) is 0 Å². The van der Waals surface area contributed by atoms with Gasteiger partial charge in [-0.2, -0.15) is 4.31 Å². The number of nitrogens with zero attached hydrogens (tertiary/aromatic N) is 2. The number of likely N-dealkylation sites (tertiary alicyclic amines) is 1. The molecule has 134 valence electrons. The molecule has 0 spiro atoms. The van der Waals surface area contributed by atoms with Gasteiger partial charge in [-0.05, 0) is 69.3 Å². The molecule has 2 aliphatic rings. The van der Waals surface area contributed by atoms with Crippen molar-refractivity contribution in [1.82, 2.24) is 9.21 Å². The van der Waals surface area contributed by atoms with E-state index in [9.17, 15) is 8.42 Å². The van der Waals surface area contributed by atoms with Crippen LogP contribution in [0.3, 0.4) is 0 Å². The molecule has 2 saturated heterocycles. The van der Waals surface area contributed by atoms with Crippen molar-refractivity contribution in [2.75, 3.05) is 26.2 Å². The van der Waals surface area contributed by atoms with Crippen LogP contribution in [0.15, 0.2) is 29.2 Å². The first-order valence-electron chi connectivity index (χ1n) is 8.96. The second kappa shape index (κ2) is 7.73. The summed E-state index contributed by atoms with van der Waals surface area (Å²) in [5.41, 5.74) is 0. The Hall–Kier alpha value is -0.620. The molecule has 6 heteroatoms. The van der Waals surface area contributed by atoms with E-state index in [0.717, 1.165) is 44.8 Å². The minimum atomic E-state index is -3.44.